The third kappa shape index (κ3) is 8.82. The van der Waals surface area contributed by atoms with Gasteiger partial charge in [0.05, 0.1) is 0 Å². The van der Waals surface area contributed by atoms with Crippen LogP contribution in [0.25, 0.3) is 0 Å². The van der Waals surface area contributed by atoms with Crippen LogP contribution >= 0.6 is 0 Å². The van der Waals surface area contributed by atoms with Crippen molar-refractivity contribution in [1.29, 1.82) is 0 Å². The van der Waals surface area contributed by atoms with Crippen molar-refractivity contribution in [1.82, 2.24) is 0 Å². The summed E-state index contributed by atoms with van der Waals surface area (Å²) in [6.07, 6.45) is 0. The summed E-state index contributed by atoms with van der Waals surface area (Å²) in [6, 6.07) is 0. The minimum Gasteiger partial charge on any atom is 0 e. The first-order valence-electron chi connectivity index (χ1n) is 0. The number of rotatable bonds is 0. The van der Waals surface area contributed by atoms with Crippen LogP contribution in [0.5, 0.6) is 0 Å². The topological polar surface area (TPSA) is 0 Å². The smallest absolute Gasteiger partial charge is 0 e. The van der Waals surface area contributed by atoms with Crippen LogP contribution in [0.4, 0.5) is 0 Å². The molecule has 0 amide bonds. The Morgan fingerprint density at radius 2 is 1.00 bits per heavy atom. The van der Waals surface area contributed by atoms with Gasteiger partial charge in [0.25, 0.3) is 0 Å². The Labute approximate surface area is 81.5 Å². The van der Waals surface area contributed by atoms with E-state index in [0.29, 0.717) is 0 Å². The van der Waals surface area contributed by atoms with Gasteiger partial charge in [0.2, 0.25) is 0 Å². The van der Waals surface area contributed by atoms with Gasteiger partial charge < -0.3 is 0 Å². The van der Waals surface area contributed by atoms with E-state index in [4.69, 9.17) is 0 Å². The van der Waals surface area contributed by atoms with E-state index in [2.05, 4.69) is 0 Å². The summed E-state index contributed by atoms with van der Waals surface area (Å²) in [7, 11) is 0. The van der Waals surface area contributed by atoms with Crippen molar-refractivity contribution in [2.45, 2.75) is 0 Å². The Hall–Kier alpha value is 2.66. The Balaban J connectivity index is 0. The fourth-order valence-electron chi connectivity index (χ4n) is 0. The van der Waals surface area contributed by atoms with Gasteiger partial charge in [-0.25, -0.2) is 0 Å². The maximum absolute atomic E-state index is 0. The fourth-order valence-corrected chi connectivity index (χ4v) is 0. The molecule has 0 aromatic rings. The van der Waals surface area contributed by atoms with E-state index in [9.17, 15) is 0 Å². The van der Waals surface area contributed by atoms with Crippen molar-refractivity contribution in [3.63, 3.8) is 0 Å². The second-order valence-corrected chi connectivity index (χ2v) is 0. The average Bonchev–Trinajstić information content (AvgIpc) is 0. The Bertz CT molecular complexity index is 8.00. The number of hydrogen-bond acceptors (Lipinski definition) is 0. The molecule has 4 heteroatoms. The van der Waals surface area contributed by atoms with E-state index < -0.39 is 0 Å². The van der Waals surface area contributed by atoms with Gasteiger partial charge in [0.1, 0.15) is 0 Å². The first-order chi connectivity index (χ1) is 0. The van der Waals surface area contributed by atoms with Crippen LogP contribution in [0.3, 0.4) is 0 Å². The molecule has 0 unspecified atom stereocenters. The Morgan fingerprint density at radius 3 is 1.00 bits per heavy atom. The maximum atomic E-state index is 0. The van der Waals surface area contributed by atoms with E-state index in [0.717, 1.165) is 0 Å². The van der Waals surface area contributed by atoms with Crippen LogP contribution in [0.15, 0.2) is 0 Å². The molecule has 0 heterocycles. The van der Waals surface area contributed by atoms with Gasteiger partial charge in [0, 0.05) is 82.8 Å². The largest absolute Gasteiger partial charge is 0 e. The van der Waals surface area contributed by atoms with Crippen molar-refractivity contribution in [2.24, 2.45) is 0 Å². The monoisotopic (exact) mass is 354 g/mol. The van der Waals surface area contributed by atoms with Gasteiger partial charge >= 0.3 is 0 Å². The second kappa shape index (κ2) is 17.4. The molecule has 0 saturated carbocycles. The molecule has 28 valence electrons. The van der Waals surface area contributed by atoms with Crippen LogP contribution in [0.1, 0.15) is 0 Å². The Kier molecular flexibility index (Phi) is 131. The third-order valence-electron chi connectivity index (χ3n) is 0. The second-order valence-electron chi connectivity index (χ2n) is 0. The zero-order valence-electron chi connectivity index (χ0n) is 1.77. The van der Waals surface area contributed by atoms with E-state index >= 15 is 0 Å². The standard InChI is InChI=1S/Bi.Cu.Mg.Ni. The van der Waals surface area contributed by atoms with Gasteiger partial charge in [-0.1, -0.05) is 0 Å². The summed E-state index contributed by atoms with van der Waals surface area (Å²) in [6.45, 7) is 0. The maximum Gasteiger partial charge on any atom is 0 e. The van der Waals surface area contributed by atoms with Gasteiger partial charge in [-0.2, -0.15) is 0 Å². The van der Waals surface area contributed by atoms with Crippen LogP contribution < -0.4 is 0 Å². The van der Waals surface area contributed by atoms with Gasteiger partial charge in [0.15, 0.2) is 0 Å². The zero-order chi connectivity index (χ0) is 0. The molecular formula is BiCuMgNi. The third-order valence-corrected chi connectivity index (χ3v) is 0. The molecule has 0 spiro atoms. The summed E-state index contributed by atoms with van der Waals surface area (Å²) < 4.78 is 0. The van der Waals surface area contributed by atoms with E-state index in [1.807, 2.05) is 0 Å². The van der Waals surface area contributed by atoms with Crippen LogP contribution in [0.2, 0.25) is 0 Å². The molecule has 0 aliphatic heterocycles. The minimum atomic E-state index is 0. The molecule has 0 fully saturated rings. The molecule has 6 radical (unpaired) electrons. The zero-order valence-corrected chi connectivity index (χ0v) is 8.59. The summed E-state index contributed by atoms with van der Waals surface area (Å²) in [5.74, 6) is 0. The predicted octanol–water partition coefficient (Wildman–Crippen LogP) is -0.767. The molecule has 0 rings (SSSR count). The summed E-state index contributed by atoms with van der Waals surface area (Å²) >= 11 is 0. The van der Waals surface area contributed by atoms with Crippen molar-refractivity contribution in [2.75, 3.05) is 0 Å². The molecule has 4 heavy (non-hydrogen) atoms. The van der Waals surface area contributed by atoms with E-state index in [1.54, 1.807) is 0 Å². The first kappa shape index (κ1) is 30.1. The first-order valence-corrected chi connectivity index (χ1v) is 0. The molecule has 0 nitrogen and oxygen atoms in total. The SMILES string of the molecule is [Bi].[Cu].[Mg].[Ni]. The molecule has 0 aliphatic carbocycles. The molecule has 0 N–H and O–H groups in total. The predicted molar refractivity (Wildman–Crippen MR) is 11.5 cm³/mol. The van der Waals surface area contributed by atoms with Crippen LogP contribution in [-0.4, -0.2) is 49.3 Å². The van der Waals surface area contributed by atoms with Crippen molar-refractivity contribution < 1.29 is 33.6 Å². The molecule has 0 aromatic heterocycles. The van der Waals surface area contributed by atoms with E-state index in [-0.39, 0.29) is 82.8 Å². The van der Waals surface area contributed by atoms with Crippen molar-refractivity contribution >= 4 is 49.3 Å². The summed E-state index contributed by atoms with van der Waals surface area (Å²) in [4.78, 5) is 0. The van der Waals surface area contributed by atoms with E-state index in [1.165, 1.54) is 0 Å². The van der Waals surface area contributed by atoms with Crippen LogP contribution in [0, 0.1) is 0 Å². The van der Waals surface area contributed by atoms with Gasteiger partial charge in [-0.05, 0) is 0 Å². The normalized spacial score (nSPS) is 0. The molecule has 0 saturated heterocycles. The van der Waals surface area contributed by atoms with Crippen LogP contribution in [-0.2, 0) is 33.6 Å². The minimum absolute atomic E-state index is 0. The molecule has 0 bridgehead atoms. The van der Waals surface area contributed by atoms with Gasteiger partial charge in [-0.15, -0.1) is 0 Å². The van der Waals surface area contributed by atoms with Crippen molar-refractivity contribution in [3.8, 4) is 0 Å². The summed E-state index contributed by atoms with van der Waals surface area (Å²) in [5.41, 5.74) is 0. The Morgan fingerprint density at radius 1 is 1.00 bits per heavy atom. The average molecular weight is 356 g/mol. The summed E-state index contributed by atoms with van der Waals surface area (Å²) in [5, 5.41) is 0. The number of hydrogen-bond donors (Lipinski definition) is 0. The molecule has 0 aromatic carbocycles. The molecular weight excluding hydrogens is 356 g/mol. The molecule has 0 aliphatic rings. The molecule has 0 atom stereocenters. The fraction of sp³-hybridized carbons (Fsp3) is 0. The van der Waals surface area contributed by atoms with Gasteiger partial charge in [-0.3, -0.25) is 0 Å². The van der Waals surface area contributed by atoms with Crippen molar-refractivity contribution in [3.05, 3.63) is 0 Å². The quantitative estimate of drug-likeness (QED) is 0.501.